The lowest BCUT2D eigenvalue weighted by Crippen LogP contribution is -2.39. The van der Waals surface area contributed by atoms with E-state index in [0.717, 1.165) is 17.0 Å². The van der Waals surface area contributed by atoms with Crippen LogP contribution in [0.4, 0.5) is 5.69 Å². The average molecular weight is 247 g/mol. The third kappa shape index (κ3) is 2.84. The molecule has 18 heavy (non-hydrogen) atoms. The van der Waals surface area contributed by atoms with Gasteiger partial charge < -0.3 is 9.64 Å². The highest BCUT2D eigenvalue weighted by atomic mass is 16.5. The van der Waals surface area contributed by atoms with Gasteiger partial charge >= 0.3 is 0 Å². The molecular formula is C15H21NO2. The maximum absolute atomic E-state index is 12.4. The molecule has 3 nitrogen and oxygen atoms in total. The van der Waals surface area contributed by atoms with E-state index in [0.29, 0.717) is 19.6 Å². The van der Waals surface area contributed by atoms with Crippen LogP contribution in [0.5, 0.6) is 5.75 Å². The summed E-state index contributed by atoms with van der Waals surface area (Å²) in [5.41, 5.74) is 2.07. The van der Waals surface area contributed by atoms with Crippen molar-refractivity contribution >= 4 is 11.6 Å². The largest absolute Gasteiger partial charge is 0.490 e. The Morgan fingerprint density at radius 2 is 2.11 bits per heavy atom. The van der Waals surface area contributed by atoms with E-state index in [1.54, 1.807) is 0 Å². The first-order chi connectivity index (χ1) is 8.37. The van der Waals surface area contributed by atoms with E-state index in [4.69, 9.17) is 4.74 Å². The van der Waals surface area contributed by atoms with Crippen LogP contribution in [-0.2, 0) is 4.79 Å². The molecule has 0 N–H and O–H groups in total. The molecule has 1 aliphatic heterocycles. The van der Waals surface area contributed by atoms with E-state index < -0.39 is 0 Å². The zero-order valence-corrected chi connectivity index (χ0v) is 11.6. The van der Waals surface area contributed by atoms with Gasteiger partial charge in [-0.3, -0.25) is 4.79 Å². The van der Waals surface area contributed by atoms with Gasteiger partial charge in [-0.2, -0.15) is 0 Å². The van der Waals surface area contributed by atoms with Crippen LogP contribution in [0.3, 0.4) is 0 Å². The lowest BCUT2D eigenvalue weighted by Gasteiger charge is -2.31. The van der Waals surface area contributed by atoms with Crippen molar-refractivity contribution in [2.75, 3.05) is 18.1 Å². The lowest BCUT2D eigenvalue weighted by atomic mass is 9.91. The molecule has 0 spiro atoms. The molecule has 3 heteroatoms. The molecule has 98 valence electrons. The van der Waals surface area contributed by atoms with Crippen LogP contribution in [0.2, 0.25) is 0 Å². The predicted octanol–water partition coefficient (Wildman–Crippen LogP) is 3.16. The lowest BCUT2D eigenvalue weighted by molar-refractivity contribution is -0.120. The molecule has 1 amide bonds. The average Bonchev–Trinajstić information content (AvgIpc) is 2.25. The number of aryl methyl sites for hydroxylation is 1. The van der Waals surface area contributed by atoms with Gasteiger partial charge in [-0.1, -0.05) is 26.8 Å². The number of carbonyl (C=O) groups is 1. The van der Waals surface area contributed by atoms with Crippen LogP contribution in [0.25, 0.3) is 0 Å². The van der Waals surface area contributed by atoms with Crippen molar-refractivity contribution in [2.24, 2.45) is 5.41 Å². The van der Waals surface area contributed by atoms with E-state index in [9.17, 15) is 4.79 Å². The van der Waals surface area contributed by atoms with Crippen molar-refractivity contribution < 1.29 is 9.53 Å². The number of rotatable bonds is 1. The summed E-state index contributed by atoms with van der Waals surface area (Å²) in [6, 6.07) is 5.98. The zero-order valence-electron chi connectivity index (χ0n) is 11.6. The normalized spacial score (nSPS) is 15.0. The summed E-state index contributed by atoms with van der Waals surface area (Å²) >= 11 is 0. The Balaban J connectivity index is 2.27. The monoisotopic (exact) mass is 247 g/mol. The van der Waals surface area contributed by atoms with Gasteiger partial charge in [0.1, 0.15) is 12.4 Å². The zero-order chi connectivity index (χ0) is 13.3. The van der Waals surface area contributed by atoms with Gasteiger partial charge in [0.15, 0.2) is 0 Å². The summed E-state index contributed by atoms with van der Waals surface area (Å²) in [6.45, 7) is 9.51. The molecule has 0 radical (unpaired) electrons. The quantitative estimate of drug-likeness (QED) is 0.763. The fraction of sp³-hybridized carbons (Fsp3) is 0.533. The van der Waals surface area contributed by atoms with Gasteiger partial charge in [0.2, 0.25) is 5.91 Å². The summed E-state index contributed by atoms with van der Waals surface area (Å²) in [7, 11) is 0. The number of hydrogen-bond donors (Lipinski definition) is 0. The van der Waals surface area contributed by atoms with Gasteiger partial charge in [0, 0.05) is 6.42 Å². The maximum Gasteiger partial charge on any atom is 0.227 e. The van der Waals surface area contributed by atoms with Crippen molar-refractivity contribution in [3.63, 3.8) is 0 Å². The Kier molecular flexibility index (Phi) is 3.33. The molecule has 1 aromatic rings. The number of hydrogen-bond acceptors (Lipinski definition) is 2. The van der Waals surface area contributed by atoms with Crippen molar-refractivity contribution in [1.29, 1.82) is 0 Å². The summed E-state index contributed by atoms with van der Waals surface area (Å²) in [5, 5.41) is 0. The number of nitrogens with zero attached hydrogens (tertiary/aromatic N) is 1. The first kappa shape index (κ1) is 12.9. The minimum atomic E-state index is 0.0133. The topological polar surface area (TPSA) is 29.5 Å². The Labute approximate surface area is 109 Å². The molecule has 2 rings (SSSR count). The van der Waals surface area contributed by atoms with E-state index >= 15 is 0 Å². The fourth-order valence-electron chi connectivity index (χ4n) is 2.14. The number of benzene rings is 1. The molecular weight excluding hydrogens is 226 g/mol. The van der Waals surface area contributed by atoms with Crippen LogP contribution in [0.1, 0.15) is 32.8 Å². The van der Waals surface area contributed by atoms with Gasteiger partial charge in [-0.25, -0.2) is 0 Å². The maximum atomic E-state index is 12.4. The summed E-state index contributed by atoms with van der Waals surface area (Å²) in [6.07, 6.45) is 0.556. The highest BCUT2D eigenvalue weighted by Gasteiger charge is 2.26. The third-order valence-corrected chi connectivity index (χ3v) is 2.96. The molecule has 0 bridgehead atoms. The van der Waals surface area contributed by atoms with Crippen LogP contribution in [-0.4, -0.2) is 19.1 Å². The van der Waals surface area contributed by atoms with Gasteiger partial charge in [0.25, 0.3) is 0 Å². The first-order valence-corrected chi connectivity index (χ1v) is 6.41. The van der Waals surface area contributed by atoms with Gasteiger partial charge in [-0.15, -0.1) is 0 Å². The predicted molar refractivity (Wildman–Crippen MR) is 73.1 cm³/mol. The number of carbonyl (C=O) groups excluding carboxylic acids is 1. The number of fused-ring (bicyclic) bond motifs is 1. The third-order valence-electron chi connectivity index (χ3n) is 2.96. The number of anilines is 1. The van der Waals surface area contributed by atoms with Gasteiger partial charge in [-0.05, 0) is 30.0 Å². The molecule has 0 aromatic heterocycles. The molecule has 1 aliphatic rings. The SMILES string of the molecule is Cc1ccc2c(c1)N(C(=O)CC(C)(C)C)CCO2. The first-order valence-electron chi connectivity index (χ1n) is 6.41. The molecule has 1 heterocycles. The van der Waals surface area contributed by atoms with E-state index in [2.05, 4.69) is 20.8 Å². The standard InChI is InChI=1S/C15H21NO2/c1-11-5-6-13-12(9-11)16(7-8-18-13)14(17)10-15(2,3)4/h5-6,9H,7-8,10H2,1-4H3. The molecule has 1 aromatic carbocycles. The minimum absolute atomic E-state index is 0.0133. The van der Waals surface area contributed by atoms with Crippen LogP contribution >= 0.6 is 0 Å². The summed E-state index contributed by atoms with van der Waals surface area (Å²) in [5.74, 6) is 0.992. The molecule has 0 atom stereocenters. The van der Waals surface area contributed by atoms with Crippen LogP contribution in [0.15, 0.2) is 18.2 Å². The number of ether oxygens (including phenoxy) is 1. The van der Waals surface area contributed by atoms with Crippen molar-refractivity contribution in [1.82, 2.24) is 0 Å². The fourth-order valence-corrected chi connectivity index (χ4v) is 2.14. The van der Waals surface area contributed by atoms with E-state index in [-0.39, 0.29) is 11.3 Å². The van der Waals surface area contributed by atoms with E-state index in [1.165, 1.54) is 0 Å². The second-order valence-electron chi connectivity index (χ2n) is 6.10. The molecule has 0 fully saturated rings. The Bertz CT molecular complexity index is 460. The molecule has 0 saturated heterocycles. The highest BCUT2D eigenvalue weighted by molar-refractivity contribution is 5.95. The Morgan fingerprint density at radius 3 is 2.78 bits per heavy atom. The van der Waals surface area contributed by atoms with E-state index in [1.807, 2.05) is 30.0 Å². The second kappa shape index (κ2) is 4.63. The highest BCUT2D eigenvalue weighted by Crippen LogP contribution is 2.34. The molecule has 0 unspecified atom stereocenters. The Hall–Kier alpha value is -1.51. The molecule has 0 saturated carbocycles. The minimum Gasteiger partial charge on any atom is -0.490 e. The Morgan fingerprint density at radius 1 is 1.39 bits per heavy atom. The smallest absolute Gasteiger partial charge is 0.227 e. The van der Waals surface area contributed by atoms with Gasteiger partial charge in [0.05, 0.1) is 12.2 Å². The van der Waals surface area contributed by atoms with Crippen molar-refractivity contribution in [3.8, 4) is 5.75 Å². The van der Waals surface area contributed by atoms with Crippen LogP contribution in [0, 0.1) is 12.3 Å². The number of amides is 1. The second-order valence-corrected chi connectivity index (χ2v) is 6.10. The van der Waals surface area contributed by atoms with Crippen molar-refractivity contribution in [3.05, 3.63) is 23.8 Å². The van der Waals surface area contributed by atoms with Crippen LogP contribution < -0.4 is 9.64 Å². The molecule has 0 aliphatic carbocycles. The van der Waals surface area contributed by atoms with Crippen molar-refractivity contribution in [2.45, 2.75) is 34.1 Å². The summed E-state index contributed by atoms with van der Waals surface area (Å²) in [4.78, 5) is 14.2. The summed E-state index contributed by atoms with van der Waals surface area (Å²) < 4.78 is 5.60.